The second kappa shape index (κ2) is 10.2. The summed E-state index contributed by atoms with van der Waals surface area (Å²) in [5, 5.41) is 5.71. The average Bonchev–Trinajstić information content (AvgIpc) is 3.02. The number of carbonyl (C=O) groups is 2. The first-order valence-corrected chi connectivity index (χ1v) is 7.99. The molecular weight excluding hydrogens is 314 g/mol. The van der Waals surface area contributed by atoms with Gasteiger partial charge in [-0.1, -0.05) is 36.8 Å². The normalized spacial score (nSPS) is 19.7. The molecule has 128 valence electrons. The van der Waals surface area contributed by atoms with Crippen molar-refractivity contribution in [2.24, 2.45) is 17.6 Å². The Bertz CT molecular complexity index is 496. The quantitative estimate of drug-likeness (QED) is 0.705. The highest BCUT2D eigenvalue weighted by atomic mass is 35.5. The first-order valence-electron chi connectivity index (χ1n) is 7.99. The van der Waals surface area contributed by atoms with E-state index >= 15 is 0 Å². The minimum Gasteiger partial charge on any atom is -0.355 e. The van der Waals surface area contributed by atoms with Crippen LogP contribution in [0.4, 0.5) is 0 Å². The number of benzene rings is 1. The molecule has 0 bridgehead atoms. The van der Waals surface area contributed by atoms with Gasteiger partial charge >= 0.3 is 0 Å². The monoisotopic (exact) mass is 339 g/mol. The minimum atomic E-state index is -0.0500. The molecule has 0 radical (unpaired) electrons. The van der Waals surface area contributed by atoms with Crippen LogP contribution < -0.4 is 16.4 Å². The lowest BCUT2D eigenvalue weighted by Gasteiger charge is -2.17. The van der Waals surface area contributed by atoms with Gasteiger partial charge in [-0.05, 0) is 30.9 Å². The van der Waals surface area contributed by atoms with Gasteiger partial charge in [-0.25, -0.2) is 0 Å². The van der Waals surface area contributed by atoms with Crippen LogP contribution in [0, 0.1) is 11.8 Å². The molecule has 2 amide bonds. The third-order valence-electron chi connectivity index (χ3n) is 4.28. The highest BCUT2D eigenvalue weighted by molar-refractivity contribution is 5.85. The average molecular weight is 340 g/mol. The van der Waals surface area contributed by atoms with E-state index in [1.165, 1.54) is 0 Å². The predicted molar refractivity (Wildman–Crippen MR) is 93.0 cm³/mol. The van der Waals surface area contributed by atoms with E-state index in [0.29, 0.717) is 32.0 Å². The lowest BCUT2D eigenvalue weighted by atomic mass is 9.95. The van der Waals surface area contributed by atoms with Crippen molar-refractivity contribution in [3.8, 4) is 0 Å². The van der Waals surface area contributed by atoms with Crippen molar-refractivity contribution < 1.29 is 9.59 Å². The van der Waals surface area contributed by atoms with Crippen LogP contribution in [0.3, 0.4) is 0 Å². The number of nitrogens with two attached hydrogens (primary N) is 1. The van der Waals surface area contributed by atoms with E-state index in [1.54, 1.807) is 0 Å². The second-order valence-corrected chi connectivity index (χ2v) is 5.84. The van der Waals surface area contributed by atoms with Gasteiger partial charge in [0, 0.05) is 25.4 Å². The van der Waals surface area contributed by atoms with Gasteiger partial charge < -0.3 is 16.4 Å². The maximum absolute atomic E-state index is 12.1. The summed E-state index contributed by atoms with van der Waals surface area (Å²) in [7, 11) is 0. The van der Waals surface area contributed by atoms with Crippen LogP contribution in [0.5, 0.6) is 0 Å². The van der Waals surface area contributed by atoms with Crippen LogP contribution in [-0.2, 0) is 16.1 Å². The Labute approximate surface area is 143 Å². The van der Waals surface area contributed by atoms with Gasteiger partial charge in [-0.2, -0.15) is 0 Å². The van der Waals surface area contributed by atoms with E-state index in [0.717, 1.165) is 24.8 Å². The maximum Gasteiger partial charge on any atom is 0.223 e. The zero-order chi connectivity index (χ0) is 15.8. The SMILES string of the molecule is Cl.NC[C@H]1CCC[C@H]1C(=O)NCCC(=O)NCc1ccccc1. The Morgan fingerprint density at radius 3 is 2.57 bits per heavy atom. The Morgan fingerprint density at radius 1 is 1.13 bits per heavy atom. The second-order valence-electron chi connectivity index (χ2n) is 5.84. The fraction of sp³-hybridized carbons (Fsp3) is 0.529. The summed E-state index contributed by atoms with van der Waals surface area (Å²) in [5.74, 6) is 0.319. The van der Waals surface area contributed by atoms with E-state index in [9.17, 15) is 9.59 Å². The summed E-state index contributed by atoms with van der Waals surface area (Å²) in [6.45, 7) is 1.47. The molecule has 0 aromatic heterocycles. The minimum absolute atomic E-state index is 0. The summed E-state index contributed by atoms with van der Waals surface area (Å²) >= 11 is 0. The van der Waals surface area contributed by atoms with Gasteiger partial charge in [0.15, 0.2) is 0 Å². The Hall–Kier alpha value is -1.59. The Morgan fingerprint density at radius 2 is 1.87 bits per heavy atom. The summed E-state index contributed by atoms with van der Waals surface area (Å²) in [5.41, 5.74) is 6.76. The van der Waals surface area contributed by atoms with Gasteiger partial charge in [0.2, 0.25) is 11.8 Å². The lowest BCUT2D eigenvalue weighted by Crippen LogP contribution is -2.37. The largest absolute Gasteiger partial charge is 0.355 e. The molecule has 1 aromatic rings. The third kappa shape index (κ3) is 6.20. The van der Waals surface area contributed by atoms with Gasteiger partial charge in [0.1, 0.15) is 0 Å². The topological polar surface area (TPSA) is 84.2 Å². The lowest BCUT2D eigenvalue weighted by molar-refractivity contribution is -0.126. The van der Waals surface area contributed by atoms with Crippen molar-refractivity contribution in [1.29, 1.82) is 0 Å². The smallest absolute Gasteiger partial charge is 0.223 e. The molecule has 1 aromatic carbocycles. The molecule has 1 aliphatic carbocycles. The molecule has 0 saturated heterocycles. The molecule has 1 saturated carbocycles. The van der Waals surface area contributed by atoms with Crippen molar-refractivity contribution in [1.82, 2.24) is 10.6 Å². The molecule has 2 rings (SSSR count). The predicted octanol–water partition coefficient (Wildman–Crippen LogP) is 1.61. The van der Waals surface area contributed by atoms with Crippen molar-refractivity contribution >= 4 is 24.2 Å². The summed E-state index contributed by atoms with van der Waals surface area (Å²) < 4.78 is 0. The van der Waals surface area contributed by atoms with Crippen LogP contribution in [0.2, 0.25) is 0 Å². The van der Waals surface area contributed by atoms with Crippen molar-refractivity contribution in [3.05, 3.63) is 35.9 Å². The highest BCUT2D eigenvalue weighted by Gasteiger charge is 2.31. The first-order chi connectivity index (χ1) is 10.7. The number of carbonyl (C=O) groups excluding carboxylic acids is 2. The Kier molecular flexibility index (Phi) is 8.66. The summed E-state index contributed by atoms with van der Waals surface area (Å²) in [6.07, 6.45) is 3.32. The van der Waals surface area contributed by atoms with Crippen LogP contribution in [0.1, 0.15) is 31.2 Å². The number of halogens is 1. The van der Waals surface area contributed by atoms with Gasteiger partial charge in [-0.15, -0.1) is 12.4 Å². The van der Waals surface area contributed by atoms with Crippen molar-refractivity contribution in [3.63, 3.8) is 0 Å². The zero-order valence-corrected chi connectivity index (χ0v) is 14.1. The number of nitrogens with one attached hydrogen (secondary N) is 2. The molecule has 1 aliphatic rings. The summed E-state index contributed by atoms with van der Waals surface area (Å²) in [6, 6.07) is 9.76. The molecule has 2 atom stereocenters. The molecule has 5 nitrogen and oxygen atoms in total. The standard InChI is InChI=1S/C17H25N3O2.ClH/c18-11-14-7-4-8-15(14)17(22)19-10-9-16(21)20-12-13-5-2-1-3-6-13;/h1-3,5-6,14-15H,4,7-12,18H2,(H,19,22)(H,20,21);1H/t14-,15-;/m1./s1. The molecule has 0 heterocycles. The van der Waals surface area contributed by atoms with Crippen molar-refractivity contribution in [2.75, 3.05) is 13.1 Å². The van der Waals surface area contributed by atoms with Crippen LogP contribution in [0.25, 0.3) is 0 Å². The Balaban J connectivity index is 0.00000264. The number of hydrogen-bond acceptors (Lipinski definition) is 3. The van der Waals surface area contributed by atoms with Crippen LogP contribution in [0.15, 0.2) is 30.3 Å². The first kappa shape index (κ1) is 19.5. The van der Waals surface area contributed by atoms with E-state index in [-0.39, 0.29) is 30.1 Å². The number of hydrogen-bond donors (Lipinski definition) is 3. The fourth-order valence-electron chi connectivity index (χ4n) is 2.98. The van der Waals surface area contributed by atoms with E-state index in [2.05, 4.69) is 10.6 Å². The molecule has 4 N–H and O–H groups in total. The van der Waals surface area contributed by atoms with Gasteiger partial charge in [0.25, 0.3) is 0 Å². The maximum atomic E-state index is 12.1. The molecule has 0 aliphatic heterocycles. The highest BCUT2D eigenvalue weighted by Crippen LogP contribution is 2.30. The van der Waals surface area contributed by atoms with E-state index in [1.807, 2.05) is 30.3 Å². The number of rotatable bonds is 7. The zero-order valence-electron chi connectivity index (χ0n) is 13.3. The van der Waals surface area contributed by atoms with Crippen molar-refractivity contribution in [2.45, 2.75) is 32.2 Å². The van der Waals surface area contributed by atoms with Crippen LogP contribution in [-0.4, -0.2) is 24.9 Å². The molecule has 23 heavy (non-hydrogen) atoms. The van der Waals surface area contributed by atoms with Gasteiger partial charge in [-0.3, -0.25) is 9.59 Å². The van der Waals surface area contributed by atoms with Gasteiger partial charge in [0.05, 0.1) is 0 Å². The van der Waals surface area contributed by atoms with E-state index in [4.69, 9.17) is 5.73 Å². The van der Waals surface area contributed by atoms with Crippen LogP contribution >= 0.6 is 12.4 Å². The number of amides is 2. The molecular formula is C17H26ClN3O2. The molecule has 6 heteroatoms. The molecule has 1 fully saturated rings. The third-order valence-corrected chi connectivity index (χ3v) is 4.28. The summed E-state index contributed by atoms with van der Waals surface area (Å²) in [4.78, 5) is 23.8. The fourth-order valence-corrected chi connectivity index (χ4v) is 2.98. The van der Waals surface area contributed by atoms with E-state index < -0.39 is 0 Å². The molecule has 0 unspecified atom stereocenters. The molecule has 0 spiro atoms.